The number of fused-ring (bicyclic) bond motifs is 3. The molecule has 0 amide bonds. The highest BCUT2D eigenvalue weighted by Crippen LogP contribution is 2.44. The van der Waals surface area contributed by atoms with Gasteiger partial charge in [0.25, 0.3) is 5.95 Å². The van der Waals surface area contributed by atoms with Crippen molar-refractivity contribution in [1.29, 1.82) is 0 Å². The van der Waals surface area contributed by atoms with E-state index in [9.17, 15) is 4.79 Å². The second-order valence-corrected chi connectivity index (χ2v) is 9.91. The first-order valence-electron chi connectivity index (χ1n) is 12.8. The Hall–Kier alpha value is -4.20. The molecule has 0 spiro atoms. The van der Waals surface area contributed by atoms with E-state index in [1.807, 2.05) is 24.0 Å². The fraction of sp³-hybridized carbons (Fsp3) is 0.310. The van der Waals surface area contributed by atoms with Gasteiger partial charge in [0, 0.05) is 12.1 Å². The van der Waals surface area contributed by atoms with Crippen LogP contribution in [-0.4, -0.2) is 24.7 Å². The van der Waals surface area contributed by atoms with Crippen molar-refractivity contribution in [2.75, 3.05) is 4.90 Å². The molecule has 1 aliphatic rings. The number of aryl methyl sites for hydroxylation is 5. The fourth-order valence-electron chi connectivity index (χ4n) is 5.76. The minimum absolute atomic E-state index is 0.375. The number of nitrogens with zero attached hydrogens (tertiary/aromatic N) is 5. The van der Waals surface area contributed by atoms with Gasteiger partial charge in [0.1, 0.15) is 11.3 Å². The standard InChI is InChI=1S/C29H30N6O2/c1-6-9-24-31-25-16(2)14-18(4)30-27(25)35(24)26-17(3)15-23-21(19(26)5)13-12-20-10-7-8-11-22(20)34(23)28-32-29(36)37-33-28/h7-8,10-11,14-15H,6,9,12-13H2,1-5H3,(H,32,33,36). The molecule has 0 bridgehead atoms. The third kappa shape index (κ3) is 3.66. The van der Waals surface area contributed by atoms with Gasteiger partial charge >= 0.3 is 5.76 Å². The summed E-state index contributed by atoms with van der Waals surface area (Å²) < 4.78 is 7.19. The molecule has 6 rings (SSSR count). The van der Waals surface area contributed by atoms with E-state index >= 15 is 0 Å². The molecule has 37 heavy (non-hydrogen) atoms. The molecule has 3 aromatic heterocycles. The topological polar surface area (TPSA) is 92.8 Å². The van der Waals surface area contributed by atoms with Crippen molar-refractivity contribution < 1.29 is 4.52 Å². The van der Waals surface area contributed by atoms with Gasteiger partial charge in [-0.2, -0.15) is 0 Å². The molecule has 1 aliphatic heterocycles. The Morgan fingerprint density at radius 3 is 2.57 bits per heavy atom. The molecule has 4 heterocycles. The maximum Gasteiger partial charge on any atom is 0.440 e. The van der Waals surface area contributed by atoms with E-state index in [1.54, 1.807) is 0 Å². The van der Waals surface area contributed by atoms with Gasteiger partial charge in [-0.05, 0) is 98.1 Å². The van der Waals surface area contributed by atoms with Crippen LogP contribution in [0.25, 0.3) is 16.9 Å². The van der Waals surface area contributed by atoms with E-state index in [2.05, 4.69) is 66.7 Å². The first-order chi connectivity index (χ1) is 17.9. The van der Waals surface area contributed by atoms with Gasteiger partial charge in [0.05, 0.1) is 17.1 Å². The Bertz CT molecular complexity index is 1720. The number of aromatic nitrogens is 5. The molecule has 0 atom stereocenters. The number of H-pyrrole nitrogens is 1. The number of aromatic amines is 1. The lowest BCUT2D eigenvalue weighted by atomic mass is 9.95. The summed E-state index contributed by atoms with van der Waals surface area (Å²) in [7, 11) is 0. The summed E-state index contributed by atoms with van der Waals surface area (Å²) in [6.45, 7) is 10.6. The van der Waals surface area contributed by atoms with E-state index in [1.165, 1.54) is 16.7 Å². The van der Waals surface area contributed by atoms with Crippen LogP contribution in [0.5, 0.6) is 0 Å². The van der Waals surface area contributed by atoms with Crippen LogP contribution in [0, 0.1) is 27.7 Å². The van der Waals surface area contributed by atoms with Gasteiger partial charge < -0.3 is 0 Å². The second kappa shape index (κ2) is 8.73. The number of benzene rings is 2. The van der Waals surface area contributed by atoms with Gasteiger partial charge in [-0.3, -0.25) is 19.0 Å². The molecule has 0 saturated carbocycles. The van der Waals surface area contributed by atoms with Gasteiger partial charge in [-0.1, -0.05) is 25.1 Å². The predicted molar refractivity (Wildman–Crippen MR) is 145 cm³/mol. The largest absolute Gasteiger partial charge is 0.440 e. The van der Waals surface area contributed by atoms with Crippen molar-refractivity contribution in [3.05, 3.63) is 86.3 Å². The van der Waals surface area contributed by atoms with E-state index < -0.39 is 5.76 Å². The van der Waals surface area contributed by atoms with Crippen LogP contribution in [0.4, 0.5) is 17.3 Å². The molecule has 5 aromatic rings. The number of anilines is 3. The molecule has 0 saturated heterocycles. The summed E-state index contributed by atoms with van der Waals surface area (Å²) in [6.07, 6.45) is 3.58. The van der Waals surface area contributed by atoms with Crippen LogP contribution in [0.15, 0.2) is 45.7 Å². The molecule has 0 fully saturated rings. The molecule has 1 N–H and O–H groups in total. The molecule has 0 radical (unpaired) electrons. The third-order valence-electron chi connectivity index (χ3n) is 7.30. The number of imidazole rings is 1. The van der Waals surface area contributed by atoms with Crippen LogP contribution in [0.2, 0.25) is 0 Å². The second-order valence-electron chi connectivity index (χ2n) is 9.91. The molecule has 0 unspecified atom stereocenters. The Morgan fingerprint density at radius 1 is 1.00 bits per heavy atom. The number of nitrogens with one attached hydrogen (secondary N) is 1. The van der Waals surface area contributed by atoms with Crippen molar-refractivity contribution in [3.8, 4) is 5.69 Å². The highest BCUT2D eigenvalue weighted by molar-refractivity contribution is 5.83. The van der Waals surface area contributed by atoms with Crippen molar-refractivity contribution in [2.45, 2.75) is 60.3 Å². The lowest BCUT2D eigenvalue weighted by Crippen LogP contribution is -2.16. The van der Waals surface area contributed by atoms with E-state index in [-0.39, 0.29) is 0 Å². The maximum atomic E-state index is 11.9. The zero-order valence-electron chi connectivity index (χ0n) is 21.8. The van der Waals surface area contributed by atoms with Crippen LogP contribution in [-0.2, 0) is 19.3 Å². The first-order valence-corrected chi connectivity index (χ1v) is 12.8. The smallest absolute Gasteiger partial charge is 0.294 e. The molecule has 8 nitrogen and oxygen atoms in total. The predicted octanol–water partition coefficient (Wildman–Crippen LogP) is 5.85. The number of pyridine rings is 1. The summed E-state index contributed by atoms with van der Waals surface area (Å²) >= 11 is 0. The molecular weight excluding hydrogens is 464 g/mol. The fourth-order valence-corrected chi connectivity index (χ4v) is 5.76. The van der Waals surface area contributed by atoms with Gasteiger partial charge in [-0.15, -0.1) is 0 Å². The highest BCUT2D eigenvalue weighted by atomic mass is 16.5. The van der Waals surface area contributed by atoms with E-state index in [4.69, 9.17) is 14.5 Å². The van der Waals surface area contributed by atoms with Crippen LogP contribution >= 0.6 is 0 Å². The van der Waals surface area contributed by atoms with Crippen LogP contribution < -0.4 is 10.7 Å². The zero-order valence-corrected chi connectivity index (χ0v) is 21.8. The summed E-state index contributed by atoms with van der Waals surface area (Å²) in [5, 5.41) is 4.07. The average Bonchev–Trinajstić information content (AvgIpc) is 3.39. The Kier molecular flexibility index (Phi) is 5.47. The summed E-state index contributed by atoms with van der Waals surface area (Å²) in [4.78, 5) is 26.7. The Labute approximate surface area is 215 Å². The van der Waals surface area contributed by atoms with Crippen molar-refractivity contribution in [3.63, 3.8) is 0 Å². The number of hydrogen-bond donors (Lipinski definition) is 1. The van der Waals surface area contributed by atoms with E-state index in [0.717, 1.165) is 76.6 Å². The summed E-state index contributed by atoms with van der Waals surface area (Å²) in [6, 6.07) is 12.5. The lowest BCUT2D eigenvalue weighted by Gasteiger charge is -2.26. The normalized spacial score (nSPS) is 13.1. The molecule has 0 aliphatic carbocycles. The monoisotopic (exact) mass is 494 g/mol. The molecule has 188 valence electrons. The van der Waals surface area contributed by atoms with Gasteiger partial charge in [-0.25, -0.2) is 14.8 Å². The number of hydrogen-bond acceptors (Lipinski definition) is 6. The Morgan fingerprint density at radius 2 is 1.81 bits per heavy atom. The number of para-hydroxylation sites is 1. The summed E-state index contributed by atoms with van der Waals surface area (Å²) in [5.41, 5.74) is 11.8. The van der Waals surface area contributed by atoms with Crippen LogP contribution in [0.1, 0.15) is 52.7 Å². The van der Waals surface area contributed by atoms with Crippen molar-refractivity contribution in [1.82, 2.24) is 24.7 Å². The minimum atomic E-state index is -0.575. The van der Waals surface area contributed by atoms with E-state index in [0.29, 0.717) is 5.95 Å². The summed E-state index contributed by atoms with van der Waals surface area (Å²) in [5.74, 6) is 0.827. The van der Waals surface area contributed by atoms with Crippen LogP contribution in [0.3, 0.4) is 0 Å². The molecule has 8 heteroatoms. The van der Waals surface area contributed by atoms with Crippen molar-refractivity contribution >= 4 is 28.5 Å². The third-order valence-corrected chi connectivity index (χ3v) is 7.30. The average molecular weight is 495 g/mol. The van der Waals surface area contributed by atoms with Crippen molar-refractivity contribution in [2.24, 2.45) is 0 Å². The maximum absolute atomic E-state index is 11.9. The molecular formula is C29H30N6O2. The first kappa shape index (κ1) is 23.2. The zero-order chi connectivity index (χ0) is 25.8. The highest BCUT2D eigenvalue weighted by Gasteiger charge is 2.29. The van der Waals surface area contributed by atoms with Gasteiger partial charge in [0.15, 0.2) is 5.65 Å². The van der Waals surface area contributed by atoms with Gasteiger partial charge in [0.2, 0.25) is 0 Å². The quantitative estimate of drug-likeness (QED) is 0.337. The minimum Gasteiger partial charge on any atom is -0.294 e. The lowest BCUT2D eigenvalue weighted by molar-refractivity contribution is 0.387. The number of rotatable bonds is 4. The molecule has 2 aromatic carbocycles. The SMILES string of the molecule is CCCc1nc2c(C)cc(C)nc2n1-c1c(C)cc2c(c1C)CCc1ccccc1N2c1noc(=O)[nH]1. The Balaban J connectivity index is 1.65.